The van der Waals surface area contributed by atoms with Gasteiger partial charge in [0.1, 0.15) is 27.1 Å². The summed E-state index contributed by atoms with van der Waals surface area (Å²) < 4.78 is 13.3. The number of hydrogen-bond donors (Lipinski definition) is 2. The Bertz CT molecular complexity index is 1910. The number of thiazole rings is 1. The number of nitrogens with zero attached hydrogens (tertiary/aromatic N) is 3. The lowest BCUT2D eigenvalue weighted by molar-refractivity contribution is -0.115. The van der Waals surface area contributed by atoms with Gasteiger partial charge in [-0.05, 0) is 55.8 Å². The third-order valence-corrected chi connectivity index (χ3v) is 11.1. The van der Waals surface area contributed by atoms with Gasteiger partial charge in [-0.25, -0.2) is 4.98 Å². The molecule has 6 aromatic rings. The predicted octanol–water partition coefficient (Wildman–Crippen LogP) is 9.42. The third-order valence-electron chi connectivity index (χ3n) is 8.93. The molecule has 0 unspecified atom stereocenters. The van der Waals surface area contributed by atoms with Gasteiger partial charge in [-0.2, -0.15) is 0 Å². The van der Waals surface area contributed by atoms with Crippen LogP contribution in [0.1, 0.15) is 63.3 Å². The van der Waals surface area contributed by atoms with Crippen molar-refractivity contribution < 1.29 is 18.4 Å². The first kappa shape index (κ1) is 35.5. The molecule has 11 heteroatoms. The Morgan fingerprint density at radius 1 is 0.820 bits per heavy atom. The number of carbonyl (C=O) groups excluding carboxylic acids is 2. The zero-order valence-corrected chi connectivity index (χ0v) is 31.3. The molecule has 6 heterocycles. The third kappa shape index (κ3) is 7.41. The van der Waals surface area contributed by atoms with E-state index in [-0.39, 0.29) is 11.8 Å². The van der Waals surface area contributed by atoms with Crippen LogP contribution in [0.3, 0.4) is 0 Å². The molecule has 50 heavy (non-hydrogen) atoms. The Balaban J connectivity index is 0.000000165. The van der Waals surface area contributed by atoms with E-state index in [1.807, 2.05) is 50.2 Å². The Kier molecular flexibility index (Phi) is 11.2. The maximum Gasteiger partial charge on any atom is 0.223 e. The van der Waals surface area contributed by atoms with Crippen molar-refractivity contribution >= 4 is 66.6 Å². The van der Waals surface area contributed by atoms with Crippen LogP contribution in [0.15, 0.2) is 63.4 Å². The maximum atomic E-state index is 11.7. The summed E-state index contributed by atoms with van der Waals surface area (Å²) in [5, 5.41) is 8.77. The van der Waals surface area contributed by atoms with Gasteiger partial charge in [0, 0.05) is 49.3 Å². The molecule has 262 valence electrons. The zero-order chi connectivity index (χ0) is 35.4. The van der Waals surface area contributed by atoms with Gasteiger partial charge in [0.05, 0.1) is 27.9 Å². The number of rotatable bonds is 6. The molecule has 2 N–H and O–H groups in total. The van der Waals surface area contributed by atoms with Gasteiger partial charge in [0.25, 0.3) is 0 Å². The SMILES string of the molecule is CC.CCN1CCc2c(oc(NC(C)=O)c2-c2nc3ccccc3s2)C1.CCN1CCc2c(sc(NC(C)=O)c2-c2cc3ccccc3o2)C1. The summed E-state index contributed by atoms with van der Waals surface area (Å²) in [4.78, 5) is 34.1. The van der Waals surface area contributed by atoms with Crippen LogP contribution in [-0.2, 0) is 35.5 Å². The quantitative estimate of drug-likeness (QED) is 0.177. The number of anilines is 2. The highest BCUT2D eigenvalue weighted by Crippen LogP contribution is 2.45. The summed E-state index contributed by atoms with van der Waals surface area (Å²) in [6.07, 6.45) is 1.91. The average Bonchev–Trinajstić information content (AvgIpc) is 3.89. The number of hydrogen-bond acceptors (Lipinski definition) is 9. The molecule has 0 saturated carbocycles. The summed E-state index contributed by atoms with van der Waals surface area (Å²) in [7, 11) is 0. The molecule has 0 radical (unpaired) electrons. The van der Waals surface area contributed by atoms with Crippen LogP contribution in [-0.4, -0.2) is 52.8 Å². The second kappa shape index (κ2) is 15.7. The molecule has 0 spiro atoms. The Morgan fingerprint density at radius 3 is 2.20 bits per heavy atom. The largest absolute Gasteiger partial charge is 0.456 e. The summed E-state index contributed by atoms with van der Waals surface area (Å²) in [5.74, 6) is 2.15. The number of thiophene rings is 1. The first-order valence-electron chi connectivity index (χ1n) is 17.4. The normalized spacial score (nSPS) is 14.3. The molecule has 0 fully saturated rings. The van der Waals surface area contributed by atoms with E-state index in [2.05, 4.69) is 52.5 Å². The molecule has 9 nitrogen and oxygen atoms in total. The minimum absolute atomic E-state index is 0.0432. The van der Waals surface area contributed by atoms with Crippen molar-refractivity contribution in [3.05, 3.63) is 76.4 Å². The molecule has 0 aliphatic carbocycles. The monoisotopic (exact) mass is 711 g/mol. The number of aromatic nitrogens is 1. The first-order chi connectivity index (χ1) is 24.3. The highest BCUT2D eigenvalue weighted by Gasteiger charge is 2.29. The van der Waals surface area contributed by atoms with E-state index in [1.165, 1.54) is 22.9 Å². The van der Waals surface area contributed by atoms with Crippen LogP contribution < -0.4 is 10.6 Å². The van der Waals surface area contributed by atoms with Crippen LogP contribution in [0.5, 0.6) is 0 Å². The summed E-state index contributed by atoms with van der Waals surface area (Å²) in [6.45, 7) is 17.2. The van der Waals surface area contributed by atoms with Gasteiger partial charge < -0.3 is 14.2 Å². The van der Waals surface area contributed by atoms with E-state index in [1.54, 1.807) is 29.6 Å². The molecule has 0 atom stereocenters. The smallest absolute Gasteiger partial charge is 0.223 e. The Morgan fingerprint density at radius 2 is 1.50 bits per heavy atom. The van der Waals surface area contributed by atoms with Crippen molar-refractivity contribution in [2.24, 2.45) is 0 Å². The van der Waals surface area contributed by atoms with Crippen LogP contribution >= 0.6 is 22.7 Å². The van der Waals surface area contributed by atoms with Gasteiger partial charge in [0.2, 0.25) is 17.7 Å². The number of para-hydroxylation sites is 2. The van der Waals surface area contributed by atoms with Crippen LogP contribution in [0.25, 0.3) is 43.1 Å². The van der Waals surface area contributed by atoms with Crippen molar-refractivity contribution in [2.75, 3.05) is 36.8 Å². The molecule has 2 amide bonds. The lowest BCUT2D eigenvalue weighted by Gasteiger charge is -2.25. The standard InChI is InChI=1S/C19H20N2O2S.C18H19N3O2S.C2H6/c1-3-21-9-8-14-17(11-21)24-19(20-12(2)22)18(14)16-10-13-6-4-5-7-15(13)23-16;1-3-21-9-8-12-14(10-21)23-17(19-11(2)22)16(12)18-20-13-6-4-5-7-15(13)24-18;1-2/h4-7,10H,3,8-9,11H2,1-2H3,(H,20,22);4-7H,3,8-10H2,1-2H3,(H,19,22);1-2H3. The molecular formula is C39H45N5O4S2. The topological polar surface area (TPSA) is 104 Å². The molecule has 8 rings (SSSR count). The number of carbonyl (C=O) groups is 2. The summed E-state index contributed by atoms with van der Waals surface area (Å²) in [5.41, 5.74) is 6.39. The van der Waals surface area contributed by atoms with E-state index in [0.29, 0.717) is 5.88 Å². The van der Waals surface area contributed by atoms with E-state index in [0.717, 1.165) is 106 Å². The molecule has 4 aromatic heterocycles. The molecule has 0 saturated heterocycles. The Hall–Kier alpha value is -4.29. The van der Waals surface area contributed by atoms with Crippen LogP contribution in [0.2, 0.25) is 0 Å². The van der Waals surface area contributed by atoms with Crippen LogP contribution in [0.4, 0.5) is 10.9 Å². The fourth-order valence-electron chi connectivity index (χ4n) is 6.52. The van der Waals surface area contributed by atoms with E-state index in [4.69, 9.17) is 13.8 Å². The number of furan rings is 2. The summed E-state index contributed by atoms with van der Waals surface area (Å²) >= 11 is 3.32. The number of benzene rings is 2. The lowest BCUT2D eigenvalue weighted by Crippen LogP contribution is -2.29. The highest BCUT2D eigenvalue weighted by molar-refractivity contribution is 7.21. The molecular weight excluding hydrogens is 667 g/mol. The number of likely N-dealkylation sites (N-methyl/N-ethyl adjacent to an activating group) is 2. The zero-order valence-electron chi connectivity index (χ0n) is 29.6. The Labute approximate surface area is 301 Å². The number of fused-ring (bicyclic) bond motifs is 4. The molecule has 2 aromatic carbocycles. The van der Waals surface area contributed by atoms with E-state index in [9.17, 15) is 9.59 Å². The van der Waals surface area contributed by atoms with Crippen molar-refractivity contribution in [3.8, 4) is 21.9 Å². The van der Waals surface area contributed by atoms with Gasteiger partial charge in [-0.15, -0.1) is 22.7 Å². The van der Waals surface area contributed by atoms with Crippen molar-refractivity contribution in [2.45, 2.75) is 67.5 Å². The average molecular weight is 712 g/mol. The number of amides is 2. The van der Waals surface area contributed by atoms with E-state index >= 15 is 0 Å². The van der Waals surface area contributed by atoms with Gasteiger partial charge in [-0.1, -0.05) is 58.0 Å². The summed E-state index contributed by atoms with van der Waals surface area (Å²) in [6, 6.07) is 18.2. The second-order valence-corrected chi connectivity index (χ2v) is 14.3. The van der Waals surface area contributed by atoms with Gasteiger partial charge in [-0.3, -0.25) is 24.7 Å². The fraction of sp³-hybridized carbons (Fsp3) is 0.359. The van der Waals surface area contributed by atoms with Gasteiger partial charge >= 0.3 is 0 Å². The maximum absolute atomic E-state index is 11.7. The molecule has 2 aliphatic heterocycles. The number of nitrogens with one attached hydrogen (secondary N) is 2. The second-order valence-electron chi connectivity index (χ2n) is 12.2. The van der Waals surface area contributed by atoms with E-state index < -0.39 is 0 Å². The lowest BCUT2D eigenvalue weighted by atomic mass is 10.0. The molecule has 0 bridgehead atoms. The molecule has 2 aliphatic rings. The van der Waals surface area contributed by atoms with Crippen molar-refractivity contribution in [3.63, 3.8) is 0 Å². The van der Waals surface area contributed by atoms with Gasteiger partial charge in [0.15, 0.2) is 0 Å². The predicted molar refractivity (Wildman–Crippen MR) is 206 cm³/mol. The highest BCUT2D eigenvalue weighted by atomic mass is 32.1. The fourth-order valence-corrected chi connectivity index (χ4v) is 8.90. The minimum atomic E-state index is -0.129. The van der Waals surface area contributed by atoms with Crippen molar-refractivity contribution in [1.29, 1.82) is 0 Å². The first-order valence-corrected chi connectivity index (χ1v) is 19.1. The van der Waals surface area contributed by atoms with Crippen molar-refractivity contribution in [1.82, 2.24) is 14.8 Å². The minimum Gasteiger partial charge on any atom is -0.456 e. The van der Waals surface area contributed by atoms with Crippen LogP contribution in [0, 0.1) is 0 Å².